The highest BCUT2D eigenvalue weighted by Crippen LogP contribution is 2.33. The van der Waals surface area contributed by atoms with Gasteiger partial charge in [-0.25, -0.2) is 0 Å². The van der Waals surface area contributed by atoms with Crippen molar-refractivity contribution in [3.05, 3.63) is 63.1 Å². The molecule has 0 radical (unpaired) electrons. The van der Waals surface area contributed by atoms with E-state index in [1.165, 1.54) is 0 Å². The average Bonchev–Trinajstić information content (AvgIpc) is 2.41. The van der Waals surface area contributed by atoms with E-state index in [9.17, 15) is 4.79 Å². The minimum atomic E-state index is -0.818. The van der Waals surface area contributed by atoms with E-state index in [1.54, 1.807) is 42.5 Å². The highest BCUT2D eigenvalue weighted by atomic mass is 35.5. The maximum absolute atomic E-state index is 11.7. The Hall–Kier alpha value is -1.42. The molecule has 3 nitrogen and oxygen atoms in total. The maximum atomic E-state index is 11.7. The number of amides is 1. The number of hydrogen-bond acceptors (Lipinski definition) is 2. The fourth-order valence-electron chi connectivity index (χ4n) is 1.78. The Kier molecular flexibility index (Phi) is 4.76. The molecule has 1 atom stereocenters. The standard InChI is InChI=1S/C14H11Cl3N2O/c15-9-5-1-2-7-11(9)19-13(14(18)20)8-4-3-6-10(16)12(8)17/h1-7,13,19H,(H2,18,20). The monoisotopic (exact) mass is 328 g/mol. The van der Waals surface area contributed by atoms with Crippen LogP contribution in [0, 0.1) is 0 Å². The smallest absolute Gasteiger partial charge is 0.244 e. The molecule has 20 heavy (non-hydrogen) atoms. The first-order chi connectivity index (χ1) is 9.50. The Morgan fingerprint density at radius 3 is 2.30 bits per heavy atom. The van der Waals surface area contributed by atoms with Crippen LogP contribution in [0.15, 0.2) is 42.5 Å². The molecule has 0 bridgehead atoms. The first kappa shape index (κ1) is 15.0. The molecule has 0 aromatic heterocycles. The number of rotatable bonds is 4. The fraction of sp³-hybridized carbons (Fsp3) is 0.0714. The predicted octanol–water partition coefficient (Wildman–Crippen LogP) is 4.29. The van der Waals surface area contributed by atoms with Crippen LogP contribution in [-0.4, -0.2) is 5.91 Å². The van der Waals surface area contributed by atoms with Gasteiger partial charge in [-0.2, -0.15) is 0 Å². The lowest BCUT2D eigenvalue weighted by atomic mass is 10.1. The molecule has 0 aliphatic heterocycles. The van der Waals surface area contributed by atoms with Crippen LogP contribution in [0.4, 0.5) is 5.69 Å². The number of para-hydroxylation sites is 1. The third-order valence-electron chi connectivity index (χ3n) is 2.75. The highest BCUT2D eigenvalue weighted by Gasteiger charge is 2.22. The summed E-state index contributed by atoms with van der Waals surface area (Å²) in [6.07, 6.45) is 0. The molecular weight excluding hydrogens is 319 g/mol. The molecule has 0 fully saturated rings. The van der Waals surface area contributed by atoms with Crippen LogP contribution < -0.4 is 11.1 Å². The van der Waals surface area contributed by atoms with Crippen molar-refractivity contribution in [2.45, 2.75) is 6.04 Å². The third-order valence-corrected chi connectivity index (χ3v) is 3.91. The van der Waals surface area contributed by atoms with E-state index in [1.807, 2.05) is 0 Å². The maximum Gasteiger partial charge on any atom is 0.244 e. The molecule has 0 aliphatic carbocycles. The van der Waals surface area contributed by atoms with E-state index in [-0.39, 0.29) is 5.02 Å². The van der Waals surface area contributed by atoms with Gasteiger partial charge < -0.3 is 11.1 Å². The molecule has 2 aromatic rings. The number of carbonyl (C=O) groups excluding carboxylic acids is 1. The van der Waals surface area contributed by atoms with Gasteiger partial charge in [-0.05, 0) is 18.2 Å². The van der Waals surface area contributed by atoms with Crippen molar-refractivity contribution in [1.29, 1.82) is 0 Å². The topological polar surface area (TPSA) is 55.1 Å². The summed E-state index contributed by atoms with van der Waals surface area (Å²) in [5.41, 5.74) is 6.54. The van der Waals surface area contributed by atoms with Crippen LogP contribution in [0.1, 0.15) is 11.6 Å². The molecule has 0 aliphatic rings. The predicted molar refractivity (Wildman–Crippen MR) is 83.5 cm³/mol. The zero-order valence-corrected chi connectivity index (χ0v) is 12.5. The van der Waals surface area contributed by atoms with Gasteiger partial charge in [0.05, 0.1) is 20.8 Å². The number of nitrogens with one attached hydrogen (secondary N) is 1. The summed E-state index contributed by atoms with van der Waals surface area (Å²) in [4.78, 5) is 11.7. The van der Waals surface area contributed by atoms with Crippen LogP contribution in [0.2, 0.25) is 15.1 Å². The second-order valence-corrected chi connectivity index (χ2v) is 5.29. The molecule has 6 heteroatoms. The van der Waals surface area contributed by atoms with Gasteiger partial charge in [-0.1, -0.05) is 59.1 Å². The molecule has 2 rings (SSSR count). The molecule has 104 valence electrons. The van der Waals surface area contributed by atoms with Crippen molar-refractivity contribution in [3.63, 3.8) is 0 Å². The molecule has 2 aromatic carbocycles. The third kappa shape index (κ3) is 3.18. The van der Waals surface area contributed by atoms with Crippen molar-refractivity contribution < 1.29 is 4.79 Å². The summed E-state index contributed by atoms with van der Waals surface area (Å²) < 4.78 is 0. The number of carbonyl (C=O) groups is 1. The van der Waals surface area contributed by atoms with E-state index < -0.39 is 11.9 Å². The number of benzene rings is 2. The van der Waals surface area contributed by atoms with Gasteiger partial charge in [0.15, 0.2) is 0 Å². The minimum Gasteiger partial charge on any atom is -0.369 e. The number of nitrogens with two attached hydrogens (primary N) is 1. The normalized spacial score (nSPS) is 11.9. The lowest BCUT2D eigenvalue weighted by Crippen LogP contribution is -2.28. The average molecular weight is 330 g/mol. The van der Waals surface area contributed by atoms with Gasteiger partial charge in [0, 0.05) is 5.56 Å². The van der Waals surface area contributed by atoms with E-state index in [2.05, 4.69) is 5.32 Å². The summed E-state index contributed by atoms with van der Waals surface area (Å²) in [5.74, 6) is -0.575. The Balaban J connectivity index is 2.40. The lowest BCUT2D eigenvalue weighted by molar-refractivity contribution is -0.118. The molecule has 1 unspecified atom stereocenters. The first-order valence-electron chi connectivity index (χ1n) is 5.75. The fourth-order valence-corrected chi connectivity index (χ4v) is 2.39. The van der Waals surface area contributed by atoms with E-state index in [4.69, 9.17) is 40.5 Å². The minimum absolute atomic E-state index is 0.289. The van der Waals surface area contributed by atoms with Crippen LogP contribution >= 0.6 is 34.8 Å². The molecule has 0 heterocycles. The molecule has 1 amide bonds. The van der Waals surface area contributed by atoms with Gasteiger partial charge in [-0.15, -0.1) is 0 Å². The van der Waals surface area contributed by atoms with Gasteiger partial charge >= 0.3 is 0 Å². The zero-order chi connectivity index (χ0) is 14.7. The van der Waals surface area contributed by atoms with Crippen LogP contribution in [0.25, 0.3) is 0 Å². The summed E-state index contributed by atoms with van der Waals surface area (Å²) in [7, 11) is 0. The van der Waals surface area contributed by atoms with Gasteiger partial charge in [0.1, 0.15) is 6.04 Å². The summed E-state index contributed by atoms with van der Waals surface area (Å²) >= 11 is 18.1. The molecular formula is C14H11Cl3N2O. The second-order valence-electron chi connectivity index (χ2n) is 4.10. The Bertz CT molecular complexity index is 646. The Morgan fingerprint density at radius 2 is 1.65 bits per heavy atom. The van der Waals surface area contributed by atoms with E-state index in [0.29, 0.717) is 21.3 Å². The first-order valence-corrected chi connectivity index (χ1v) is 6.88. The highest BCUT2D eigenvalue weighted by molar-refractivity contribution is 6.42. The van der Waals surface area contributed by atoms with Crippen molar-refractivity contribution in [2.24, 2.45) is 5.73 Å². The van der Waals surface area contributed by atoms with E-state index in [0.717, 1.165) is 0 Å². The largest absolute Gasteiger partial charge is 0.369 e. The second kappa shape index (κ2) is 6.35. The van der Waals surface area contributed by atoms with Gasteiger partial charge in [-0.3, -0.25) is 4.79 Å². The number of anilines is 1. The van der Waals surface area contributed by atoms with Crippen molar-refractivity contribution in [2.75, 3.05) is 5.32 Å². The SMILES string of the molecule is NC(=O)C(Nc1ccccc1Cl)c1cccc(Cl)c1Cl. The zero-order valence-electron chi connectivity index (χ0n) is 10.2. The Labute approximate surface area is 131 Å². The van der Waals surface area contributed by atoms with Crippen molar-refractivity contribution in [3.8, 4) is 0 Å². The molecule has 0 saturated heterocycles. The van der Waals surface area contributed by atoms with Gasteiger partial charge in [0.2, 0.25) is 5.91 Å². The summed E-state index contributed by atoms with van der Waals surface area (Å²) in [6, 6.07) is 11.3. The van der Waals surface area contributed by atoms with Crippen molar-refractivity contribution >= 4 is 46.4 Å². The van der Waals surface area contributed by atoms with Crippen LogP contribution in [0.3, 0.4) is 0 Å². The number of hydrogen-bond donors (Lipinski definition) is 2. The summed E-state index contributed by atoms with van der Waals surface area (Å²) in [6.45, 7) is 0. The Morgan fingerprint density at radius 1 is 1.00 bits per heavy atom. The van der Waals surface area contributed by atoms with E-state index >= 15 is 0 Å². The van der Waals surface area contributed by atoms with Crippen LogP contribution in [0.5, 0.6) is 0 Å². The molecule has 0 spiro atoms. The van der Waals surface area contributed by atoms with Crippen molar-refractivity contribution in [1.82, 2.24) is 0 Å². The quantitative estimate of drug-likeness (QED) is 0.879. The lowest BCUT2D eigenvalue weighted by Gasteiger charge is -2.19. The molecule has 3 N–H and O–H groups in total. The molecule has 0 saturated carbocycles. The number of primary amides is 1. The number of halogens is 3. The van der Waals surface area contributed by atoms with Gasteiger partial charge in [0.25, 0.3) is 0 Å². The summed E-state index contributed by atoms with van der Waals surface area (Å²) in [5, 5.41) is 4.11. The van der Waals surface area contributed by atoms with Crippen LogP contribution in [-0.2, 0) is 4.79 Å².